The van der Waals surface area contributed by atoms with Crippen LogP contribution >= 0.6 is 0 Å². The Morgan fingerprint density at radius 2 is 2.00 bits per heavy atom. The third kappa shape index (κ3) is 5.94. The zero-order valence-electron chi connectivity index (χ0n) is 20.2. The van der Waals surface area contributed by atoms with Gasteiger partial charge in [-0.2, -0.15) is 8.42 Å². The van der Waals surface area contributed by atoms with Crippen molar-refractivity contribution in [2.24, 2.45) is 13.0 Å². The fourth-order valence-electron chi connectivity index (χ4n) is 3.66. The summed E-state index contributed by atoms with van der Waals surface area (Å²) in [5.41, 5.74) is 0.102. The highest BCUT2D eigenvalue weighted by molar-refractivity contribution is 7.92. The molecule has 0 radical (unpaired) electrons. The Morgan fingerprint density at radius 1 is 1.31 bits per heavy atom. The second kappa shape index (κ2) is 10.1. The van der Waals surface area contributed by atoms with Crippen LogP contribution in [0.5, 0.6) is 5.75 Å². The number of nitrogens with zero attached hydrogens (tertiary/aromatic N) is 4. The molecule has 2 N–H and O–H groups in total. The Hall–Kier alpha value is -2.68. The van der Waals surface area contributed by atoms with Crippen LogP contribution in [0.2, 0.25) is 0 Å². The molecule has 14 heteroatoms. The Balaban J connectivity index is 2.11. The molecule has 0 aliphatic carbocycles. The number of para-hydroxylation sites is 1. The maximum Gasteiger partial charge on any atom is 0.281 e. The third-order valence-electron chi connectivity index (χ3n) is 5.90. The first kappa shape index (κ1) is 26.9. The number of likely N-dealkylation sites (N-methyl/N-ethyl adjacent to an activating group) is 1. The summed E-state index contributed by atoms with van der Waals surface area (Å²) in [6, 6.07) is 3.94. The van der Waals surface area contributed by atoms with Crippen molar-refractivity contribution in [2.45, 2.75) is 31.0 Å². The van der Waals surface area contributed by atoms with Gasteiger partial charge in [0.15, 0.2) is 10.8 Å². The Morgan fingerprint density at radius 3 is 2.57 bits per heavy atom. The highest BCUT2D eigenvalue weighted by Gasteiger charge is 2.36. The van der Waals surface area contributed by atoms with Crippen LogP contribution < -0.4 is 9.46 Å². The van der Waals surface area contributed by atoms with Gasteiger partial charge >= 0.3 is 0 Å². The summed E-state index contributed by atoms with van der Waals surface area (Å²) in [5, 5.41) is 9.53. The quantitative estimate of drug-likeness (QED) is 0.497. The van der Waals surface area contributed by atoms with Crippen LogP contribution in [0.25, 0.3) is 0 Å². The molecular weight excluding hydrogens is 498 g/mol. The van der Waals surface area contributed by atoms with Gasteiger partial charge in [-0.15, -0.1) is 0 Å². The maximum absolute atomic E-state index is 13.5. The molecule has 0 fully saturated rings. The van der Waals surface area contributed by atoms with E-state index in [9.17, 15) is 26.7 Å². The fraction of sp³-hybridized carbons (Fsp3) is 0.524. The molecular formula is C21H31N5O7S2. The summed E-state index contributed by atoms with van der Waals surface area (Å²) < 4.78 is 61.3. The molecule has 0 unspecified atom stereocenters. The van der Waals surface area contributed by atoms with Crippen molar-refractivity contribution in [2.75, 3.05) is 37.7 Å². The number of carbonyl (C=O) groups is 1. The smallest absolute Gasteiger partial charge is 0.281 e. The first-order chi connectivity index (χ1) is 16.2. The maximum atomic E-state index is 13.5. The monoisotopic (exact) mass is 529 g/mol. The third-order valence-corrected chi connectivity index (χ3v) is 8.43. The van der Waals surface area contributed by atoms with Gasteiger partial charge in [0.05, 0.1) is 43.0 Å². The lowest BCUT2D eigenvalue weighted by atomic mass is 9.99. The molecule has 2 aromatic rings. The van der Waals surface area contributed by atoms with Gasteiger partial charge in [-0.05, 0) is 19.1 Å². The summed E-state index contributed by atoms with van der Waals surface area (Å²) in [6.45, 7) is 3.38. The molecule has 2 heterocycles. The standard InChI is InChI=1S/C21H31N5O7S2/c1-14-9-26(15(2)12-27)21(28)16-7-6-8-17(23-35(31,32)19-11-24(3)13-22-19)20(16)33-18(14)10-25(4)34(5,29)30/h6-8,11,13-15,18,23,27H,9-10,12H2,1-5H3/t14-,15+,18-/m1/s1. The number of carbonyl (C=O) groups excluding carboxylic acids is 1. The van der Waals surface area contributed by atoms with Crippen LogP contribution in [-0.4, -0.2) is 91.8 Å². The van der Waals surface area contributed by atoms with Crippen molar-refractivity contribution in [3.63, 3.8) is 0 Å². The molecule has 1 aromatic heterocycles. The topological polar surface area (TPSA) is 151 Å². The molecule has 194 valence electrons. The van der Waals surface area contributed by atoms with E-state index in [1.165, 1.54) is 47.2 Å². The Kier molecular flexibility index (Phi) is 7.79. The Labute approximate surface area is 205 Å². The van der Waals surface area contributed by atoms with Gasteiger partial charge in [0, 0.05) is 32.8 Å². The number of aliphatic hydroxyl groups is 1. The van der Waals surface area contributed by atoms with Gasteiger partial charge in [0.2, 0.25) is 10.0 Å². The van der Waals surface area contributed by atoms with E-state index in [2.05, 4.69) is 9.71 Å². The van der Waals surface area contributed by atoms with Crippen LogP contribution in [0.4, 0.5) is 5.69 Å². The lowest BCUT2D eigenvalue weighted by molar-refractivity contribution is 0.0389. The van der Waals surface area contributed by atoms with Crippen LogP contribution in [-0.2, 0) is 27.1 Å². The zero-order valence-corrected chi connectivity index (χ0v) is 21.9. The number of nitrogens with one attached hydrogen (secondary N) is 1. The van der Waals surface area contributed by atoms with Crippen molar-refractivity contribution < 1.29 is 31.5 Å². The van der Waals surface area contributed by atoms with Gasteiger partial charge in [-0.3, -0.25) is 9.52 Å². The molecule has 0 spiro atoms. The molecule has 1 aliphatic rings. The molecule has 0 saturated carbocycles. The van der Waals surface area contributed by atoms with Crippen LogP contribution in [0.3, 0.4) is 0 Å². The van der Waals surface area contributed by atoms with E-state index in [0.717, 1.165) is 10.6 Å². The van der Waals surface area contributed by atoms with Crippen molar-refractivity contribution in [3.05, 3.63) is 36.3 Å². The fourth-order valence-corrected chi connectivity index (χ4v) is 5.12. The van der Waals surface area contributed by atoms with Crippen LogP contribution in [0.1, 0.15) is 24.2 Å². The van der Waals surface area contributed by atoms with E-state index >= 15 is 0 Å². The summed E-state index contributed by atoms with van der Waals surface area (Å²) in [4.78, 5) is 18.8. The van der Waals surface area contributed by atoms with E-state index < -0.39 is 38.1 Å². The Bertz CT molecular complexity index is 1290. The number of aromatic nitrogens is 2. The van der Waals surface area contributed by atoms with Crippen LogP contribution in [0, 0.1) is 5.92 Å². The second-order valence-corrected chi connectivity index (χ2v) is 12.5. The molecule has 1 aromatic carbocycles. The average Bonchev–Trinajstić information content (AvgIpc) is 3.22. The number of benzene rings is 1. The molecule has 3 rings (SSSR count). The average molecular weight is 530 g/mol. The van der Waals surface area contributed by atoms with Gasteiger partial charge in [0.1, 0.15) is 6.10 Å². The minimum absolute atomic E-state index is 0.0132. The summed E-state index contributed by atoms with van der Waals surface area (Å²) in [5.74, 6) is -0.821. The zero-order chi connectivity index (χ0) is 26.1. The number of sulfonamides is 2. The van der Waals surface area contributed by atoms with Gasteiger partial charge in [-0.1, -0.05) is 13.0 Å². The highest BCUT2D eigenvalue weighted by atomic mass is 32.2. The minimum atomic E-state index is -4.11. The summed E-state index contributed by atoms with van der Waals surface area (Å²) in [7, 11) is -4.59. The van der Waals surface area contributed by atoms with Crippen molar-refractivity contribution in [3.8, 4) is 5.75 Å². The molecule has 1 aliphatic heterocycles. The lowest BCUT2D eigenvalue weighted by Gasteiger charge is -2.38. The van der Waals surface area contributed by atoms with Crippen LogP contribution in [0.15, 0.2) is 35.7 Å². The number of aryl methyl sites for hydroxylation is 1. The van der Waals surface area contributed by atoms with Gasteiger partial charge in [-0.25, -0.2) is 17.7 Å². The number of hydrogen-bond donors (Lipinski definition) is 2. The summed E-state index contributed by atoms with van der Waals surface area (Å²) in [6.07, 6.45) is 3.02. The molecule has 3 atom stereocenters. The van der Waals surface area contributed by atoms with Crippen molar-refractivity contribution in [1.29, 1.82) is 0 Å². The predicted molar refractivity (Wildman–Crippen MR) is 129 cm³/mol. The number of rotatable bonds is 8. The number of imidazole rings is 1. The largest absolute Gasteiger partial charge is 0.486 e. The number of ether oxygens (including phenoxy) is 1. The first-order valence-corrected chi connectivity index (χ1v) is 14.2. The van der Waals surface area contributed by atoms with E-state index in [0.29, 0.717) is 0 Å². The molecule has 12 nitrogen and oxygen atoms in total. The van der Waals surface area contributed by atoms with E-state index in [1.54, 1.807) is 20.9 Å². The van der Waals surface area contributed by atoms with E-state index in [4.69, 9.17) is 4.74 Å². The van der Waals surface area contributed by atoms with Gasteiger partial charge < -0.3 is 19.3 Å². The van der Waals surface area contributed by atoms with Crippen molar-refractivity contribution >= 4 is 31.6 Å². The molecule has 1 amide bonds. The van der Waals surface area contributed by atoms with Crippen molar-refractivity contribution in [1.82, 2.24) is 18.8 Å². The normalized spacial score (nSPS) is 20.1. The number of aliphatic hydroxyl groups excluding tert-OH is 1. The second-order valence-electron chi connectivity index (χ2n) is 8.83. The van der Waals surface area contributed by atoms with E-state index in [-0.39, 0.29) is 47.6 Å². The number of hydrogen-bond acceptors (Lipinski definition) is 8. The molecule has 35 heavy (non-hydrogen) atoms. The number of amides is 1. The highest BCUT2D eigenvalue weighted by Crippen LogP contribution is 2.36. The predicted octanol–water partition coefficient (Wildman–Crippen LogP) is 0.332. The minimum Gasteiger partial charge on any atom is -0.486 e. The molecule has 0 saturated heterocycles. The SMILES string of the molecule is C[C@@H]1CN([C@@H](C)CO)C(=O)c2cccc(NS(=O)(=O)c3cn(C)cn3)c2O[C@@H]1CN(C)S(C)(=O)=O. The number of anilines is 1. The lowest BCUT2D eigenvalue weighted by Crippen LogP contribution is -2.50. The van der Waals surface area contributed by atoms with Gasteiger partial charge in [0.25, 0.3) is 15.9 Å². The number of fused-ring (bicyclic) bond motifs is 1. The molecule has 0 bridgehead atoms. The van der Waals surface area contributed by atoms with E-state index in [1.807, 2.05) is 0 Å². The summed E-state index contributed by atoms with van der Waals surface area (Å²) >= 11 is 0. The first-order valence-electron chi connectivity index (χ1n) is 10.9.